The number of Topliss-reactive ketones (excluding diaryl/α,β-unsaturated/α-hetero) is 1. The van der Waals surface area contributed by atoms with Gasteiger partial charge in [0.25, 0.3) is 0 Å². The van der Waals surface area contributed by atoms with Crippen LogP contribution in [0.2, 0.25) is 0 Å². The molecule has 174 valence electrons. The van der Waals surface area contributed by atoms with Crippen LogP contribution in [0, 0.1) is 12.7 Å². The average Bonchev–Trinajstić information content (AvgIpc) is 3.16. The van der Waals surface area contributed by atoms with Gasteiger partial charge in [-0.05, 0) is 54.5 Å². The molecular weight excluding hydrogens is 437 g/mol. The summed E-state index contributed by atoms with van der Waals surface area (Å²) >= 11 is 0. The van der Waals surface area contributed by atoms with Crippen LogP contribution in [0.25, 0.3) is 6.08 Å². The fourth-order valence-corrected chi connectivity index (χ4v) is 4.35. The summed E-state index contributed by atoms with van der Waals surface area (Å²) in [5.74, 6) is 2.32. The van der Waals surface area contributed by atoms with E-state index in [2.05, 4.69) is 4.90 Å². The van der Waals surface area contributed by atoms with Crippen LogP contribution in [0.5, 0.6) is 23.0 Å². The van der Waals surface area contributed by atoms with Gasteiger partial charge < -0.3 is 18.9 Å². The lowest BCUT2D eigenvalue weighted by atomic mass is 10.00. The first-order valence-corrected chi connectivity index (χ1v) is 10.9. The molecule has 0 spiro atoms. The number of carbonyl (C=O) groups is 1. The van der Waals surface area contributed by atoms with Gasteiger partial charge in [0.05, 0.1) is 19.8 Å². The predicted molar refractivity (Wildman–Crippen MR) is 125 cm³/mol. The summed E-state index contributed by atoms with van der Waals surface area (Å²) in [5, 5.41) is 0. The molecule has 0 N–H and O–H groups in total. The van der Waals surface area contributed by atoms with Gasteiger partial charge in [-0.3, -0.25) is 9.69 Å². The number of nitrogens with zero attached hydrogens (tertiary/aromatic N) is 1. The fourth-order valence-electron chi connectivity index (χ4n) is 4.35. The van der Waals surface area contributed by atoms with Crippen LogP contribution in [0.1, 0.15) is 32.6 Å². The Kier molecular flexibility index (Phi) is 5.71. The number of fused-ring (bicyclic) bond motifs is 2. The summed E-state index contributed by atoms with van der Waals surface area (Å²) in [6, 6.07) is 13.6. The molecule has 0 bridgehead atoms. The fraction of sp³-hybridized carbons (Fsp3) is 0.222. The minimum atomic E-state index is -0.331. The summed E-state index contributed by atoms with van der Waals surface area (Å²) in [6.07, 6.45) is 1.63. The van der Waals surface area contributed by atoms with E-state index < -0.39 is 0 Å². The molecule has 0 aliphatic carbocycles. The van der Waals surface area contributed by atoms with E-state index in [1.165, 1.54) is 12.1 Å². The molecule has 2 aliphatic heterocycles. The maximum atomic E-state index is 13.2. The summed E-state index contributed by atoms with van der Waals surface area (Å²) in [6.45, 7) is 3.58. The van der Waals surface area contributed by atoms with Gasteiger partial charge in [-0.15, -0.1) is 0 Å². The third kappa shape index (κ3) is 3.99. The maximum absolute atomic E-state index is 13.2. The zero-order chi connectivity index (χ0) is 23.8. The van der Waals surface area contributed by atoms with E-state index >= 15 is 0 Å². The number of hydrogen-bond acceptors (Lipinski definition) is 6. The lowest BCUT2D eigenvalue weighted by Gasteiger charge is -2.30. The number of carbonyl (C=O) groups excluding carboxylic acids is 1. The van der Waals surface area contributed by atoms with Crippen LogP contribution in [0.4, 0.5) is 4.39 Å². The number of rotatable bonds is 5. The smallest absolute Gasteiger partial charge is 0.231 e. The molecule has 7 heteroatoms. The molecule has 0 radical (unpaired) electrons. The van der Waals surface area contributed by atoms with Crippen LogP contribution in [0.15, 0.2) is 54.3 Å². The van der Waals surface area contributed by atoms with Crippen LogP contribution in [0.3, 0.4) is 0 Å². The first-order chi connectivity index (χ1) is 16.5. The van der Waals surface area contributed by atoms with Crippen molar-refractivity contribution in [3.05, 3.63) is 87.9 Å². The Balaban J connectivity index is 1.38. The van der Waals surface area contributed by atoms with Gasteiger partial charge in [-0.2, -0.15) is 0 Å². The van der Waals surface area contributed by atoms with Gasteiger partial charge in [0.2, 0.25) is 5.78 Å². The number of allylic oxidation sites excluding steroid dienone is 1. The zero-order valence-corrected chi connectivity index (χ0v) is 19.2. The maximum Gasteiger partial charge on any atom is 0.231 e. The largest absolute Gasteiger partial charge is 0.493 e. The zero-order valence-electron chi connectivity index (χ0n) is 19.2. The first kappa shape index (κ1) is 22.0. The van der Waals surface area contributed by atoms with Crippen LogP contribution in [-0.4, -0.2) is 31.6 Å². The lowest BCUT2D eigenvalue weighted by molar-refractivity contribution is 0.0876. The molecule has 34 heavy (non-hydrogen) atoms. The third-order valence-corrected chi connectivity index (χ3v) is 6.02. The number of ketones is 1. The Labute approximate surface area is 197 Å². The second kappa shape index (κ2) is 8.83. The van der Waals surface area contributed by atoms with E-state index in [9.17, 15) is 9.18 Å². The monoisotopic (exact) mass is 461 g/mol. The first-order valence-electron chi connectivity index (χ1n) is 10.9. The standard InChI is InChI=1S/C27H24FNO5/c1-16-26-19(14-29(15-33-26)13-18-6-9-22(31-2)23(11-18)32-3)12-21-25(30)24(34-27(16)21)10-17-4-7-20(28)8-5-17/h4-12H,13-15H2,1-3H3/b24-10-. The third-order valence-electron chi connectivity index (χ3n) is 6.02. The molecule has 3 aromatic rings. The molecule has 0 amide bonds. The average molecular weight is 461 g/mol. The Hall–Kier alpha value is -3.84. The number of hydrogen-bond donors (Lipinski definition) is 0. The molecule has 5 rings (SSSR count). The van der Waals surface area contributed by atoms with Gasteiger partial charge in [0.15, 0.2) is 17.3 Å². The van der Waals surface area contributed by atoms with Gasteiger partial charge in [-0.25, -0.2) is 4.39 Å². The molecule has 3 aromatic carbocycles. The second-order valence-corrected chi connectivity index (χ2v) is 8.31. The van der Waals surface area contributed by atoms with E-state index in [0.29, 0.717) is 48.2 Å². The van der Waals surface area contributed by atoms with Crippen LogP contribution >= 0.6 is 0 Å². The van der Waals surface area contributed by atoms with Crippen molar-refractivity contribution in [2.45, 2.75) is 20.0 Å². The molecule has 2 aliphatic rings. The van der Waals surface area contributed by atoms with Crippen molar-refractivity contribution < 1.29 is 28.1 Å². The number of halogens is 1. The number of ether oxygens (including phenoxy) is 4. The molecule has 0 atom stereocenters. The Morgan fingerprint density at radius 3 is 2.53 bits per heavy atom. The van der Waals surface area contributed by atoms with Gasteiger partial charge in [0, 0.05) is 24.2 Å². The number of benzene rings is 3. The van der Waals surface area contributed by atoms with E-state index in [4.69, 9.17) is 18.9 Å². The van der Waals surface area contributed by atoms with E-state index in [1.54, 1.807) is 32.4 Å². The normalized spacial score (nSPS) is 16.0. The van der Waals surface area contributed by atoms with Crippen LogP contribution in [-0.2, 0) is 13.1 Å². The summed E-state index contributed by atoms with van der Waals surface area (Å²) in [5.41, 5.74) is 4.00. The molecule has 2 heterocycles. The van der Waals surface area contributed by atoms with E-state index in [1.807, 2.05) is 31.2 Å². The van der Waals surface area contributed by atoms with E-state index in [-0.39, 0.29) is 17.4 Å². The van der Waals surface area contributed by atoms with Crippen molar-refractivity contribution in [2.75, 3.05) is 21.0 Å². The summed E-state index contributed by atoms with van der Waals surface area (Å²) < 4.78 is 35.9. The Morgan fingerprint density at radius 1 is 1.03 bits per heavy atom. The van der Waals surface area contributed by atoms with Crippen molar-refractivity contribution >= 4 is 11.9 Å². The minimum absolute atomic E-state index is 0.192. The van der Waals surface area contributed by atoms with E-state index in [0.717, 1.165) is 22.4 Å². The molecule has 0 fully saturated rings. The molecule has 0 aromatic heterocycles. The molecule has 0 saturated heterocycles. The molecule has 0 saturated carbocycles. The lowest BCUT2D eigenvalue weighted by Crippen LogP contribution is -2.32. The van der Waals surface area contributed by atoms with Gasteiger partial charge in [-0.1, -0.05) is 18.2 Å². The SMILES string of the molecule is COc1ccc(CN2COc3c(cc4c(c3C)O/C(=C\c3ccc(F)cc3)C4=O)C2)cc1OC. The number of methoxy groups -OCH3 is 2. The quantitative estimate of drug-likeness (QED) is 0.492. The van der Waals surface area contributed by atoms with Gasteiger partial charge in [0.1, 0.15) is 24.0 Å². The highest BCUT2D eigenvalue weighted by molar-refractivity contribution is 6.15. The minimum Gasteiger partial charge on any atom is -0.493 e. The predicted octanol–water partition coefficient (Wildman–Crippen LogP) is 5.12. The molecule has 0 unspecified atom stereocenters. The summed E-state index contributed by atoms with van der Waals surface area (Å²) in [7, 11) is 3.22. The highest BCUT2D eigenvalue weighted by atomic mass is 19.1. The van der Waals surface area contributed by atoms with Crippen molar-refractivity contribution in [1.29, 1.82) is 0 Å². The topological polar surface area (TPSA) is 57.2 Å². The highest BCUT2D eigenvalue weighted by Gasteiger charge is 2.33. The highest BCUT2D eigenvalue weighted by Crippen LogP contribution is 2.43. The second-order valence-electron chi connectivity index (χ2n) is 8.31. The van der Waals surface area contributed by atoms with Gasteiger partial charge >= 0.3 is 0 Å². The van der Waals surface area contributed by atoms with Crippen molar-refractivity contribution in [3.63, 3.8) is 0 Å². The Morgan fingerprint density at radius 2 is 1.79 bits per heavy atom. The summed E-state index contributed by atoms with van der Waals surface area (Å²) in [4.78, 5) is 15.2. The molecular formula is C27H24FNO5. The van der Waals surface area contributed by atoms with Crippen molar-refractivity contribution in [1.82, 2.24) is 4.90 Å². The Bertz CT molecular complexity index is 1300. The van der Waals surface area contributed by atoms with Crippen LogP contribution < -0.4 is 18.9 Å². The molecule has 6 nitrogen and oxygen atoms in total. The van der Waals surface area contributed by atoms with Crippen molar-refractivity contribution in [2.24, 2.45) is 0 Å². The van der Waals surface area contributed by atoms with Crippen molar-refractivity contribution in [3.8, 4) is 23.0 Å².